The maximum atomic E-state index is 14.1. The number of rotatable bonds is 7. The molecule has 2 aromatic heterocycles. The molecule has 1 aromatic carbocycles. The molecule has 0 atom stereocenters. The van der Waals surface area contributed by atoms with E-state index in [4.69, 9.17) is 10.5 Å². The molecule has 3 rings (SSSR count). The van der Waals surface area contributed by atoms with Crippen LogP contribution in [0.5, 0.6) is 5.06 Å². The lowest BCUT2D eigenvalue weighted by atomic mass is 10.1. The number of anilines is 1. The molecule has 0 aliphatic rings. The van der Waals surface area contributed by atoms with Crippen molar-refractivity contribution in [3.8, 4) is 16.3 Å². The van der Waals surface area contributed by atoms with Crippen molar-refractivity contribution >= 4 is 23.1 Å². The first kappa shape index (κ1) is 23.3. The van der Waals surface area contributed by atoms with Crippen LogP contribution in [0.1, 0.15) is 30.8 Å². The highest BCUT2D eigenvalue weighted by molar-refractivity contribution is 7.08. The van der Waals surface area contributed by atoms with Crippen LogP contribution in [0, 0.1) is 17.5 Å². The monoisotopic (exact) mass is 438 g/mol. The standard InChI is InChI=1S/C18H15F3N4O2S.C2H6/c19-10-3-1-4-11(20)15(10)16-12(21)5-6-13(24-16)17(26)25-14-9-23-28-18(14)27-8-2-7-22;1-2/h1,3-6,9H,2,7-8,22H2,(H,25,26);1-2H3. The van der Waals surface area contributed by atoms with Gasteiger partial charge in [0.1, 0.15) is 34.5 Å². The summed E-state index contributed by atoms with van der Waals surface area (Å²) in [6.07, 6.45) is 2.02. The van der Waals surface area contributed by atoms with Gasteiger partial charge in [-0.25, -0.2) is 18.2 Å². The van der Waals surface area contributed by atoms with Gasteiger partial charge in [0.2, 0.25) is 5.06 Å². The summed E-state index contributed by atoms with van der Waals surface area (Å²) in [5.74, 6) is -3.63. The lowest BCUT2D eigenvalue weighted by Crippen LogP contribution is -2.15. The number of benzene rings is 1. The van der Waals surface area contributed by atoms with Crippen LogP contribution < -0.4 is 15.8 Å². The summed E-state index contributed by atoms with van der Waals surface area (Å²) in [6.45, 7) is 4.81. The third-order valence-corrected chi connectivity index (χ3v) is 4.36. The van der Waals surface area contributed by atoms with E-state index < -0.39 is 34.6 Å². The van der Waals surface area contributed by atoms with E-state index in [0.717, 1.165) is 41.9 Å². The first-order valence-electron chi connectivity index (χ1n) is 9.21. The minimum absolute atomic E-state index is 0.224. The molecule has 1 amide bonds. The number of ether oxygens (including phenoxy) is 1. The van der Waals surface area contributed by atoms with Crippen molar-refractivity contribution in [1.29, 1.82) is 0 Å². The molecule has 160 valence electrons. The molecular formula is C20H21F3N4O2S. The Morgan fingerprint density at radius 2 is 1.83 bits per heavy atom. The molecule has 2 heterocycles. The zero-order chi connectivity index (χ0) is 22.1. The number of carbonyl (C=O) groups excluding carboxylic acids is 1. The van der Waals surface area contributed by atoms with Crippen molar-refractivity contribution in [2.24, 2.45) is 5.73 Å². The molecule has 10 heteroatoms. The molecular weight excluding hydrogens is 417 g/mol. The fourth-order valence-electron chi connectivity index (χ4n) is 2.32. The van der Waals surface area contributed by atoms with Crippen molar-refractivity contribution in [3.63, 3.8) is 0 Å². The molecule has 6 nitrogen and oxygen atoms in total. The van der Waals surface area contributed by atoms with Crippen LogP contribution in [0.2, 0.25) is 0 Å². The van der Waals surface area contributed by atoms with E-state index in [2.05, 4.69) is 14.7 Å². The van der Waals surface area contributed by atoms with E-state index in [9.17, 15) is 18.0 Å². The quantitative estimate of drug-likeness (QED) is 0.525. The Morgan fingerprint density at radius 1 is 1.13 bits per heavy atom. The number of pyridine rings is 1. The van der Waals surface area contributed by atoms with E-state index in [0.29, 0.717) is 30.3 Å². The highest BCUT2D eigenvalue weighted by Gasteiger charge is 2.20. The molecule has 0 saturated carbocycles. The number of nitrogens with one attached hydrogen (secondary N) is 1. The van der Waals surface area contributed by atoms with Crippen molar-refractivity contribution in [2.75, 3.05) is 18.5 Å². The van der Waals surface area contributed by atoms with Gasteiger partial charge in [-0.05, 0) is 37.2 Å². The topological polar surface area (TPSA) is 90.1 Å². The molecule has 0 saturated heterocycles. The molecule has 0 unspecified atom stereocenters. The van der Waals surface area contributed by atoms with Crippen LogP contribution in [0.3, 0.4) is 0 Å². The average molecular weight is 438 g/mol. The van der Waals surface area contributed by atoms with Crippen LogP contribution in [-0.4, -0.2) is 28.4 Å². The van der Waals surface area contributed by atoms with E-state index in [1.54, 1.807) is 0 Å². The summed E-state index contributed by atoms with van der Waals surface area (Å²) in [6, 6.07) is 5.15. The van der Waals surface area contributed by atoms with Gasteiger partial charge in [-0.1, -0.05) is 19.9 Å². The van der Waals surface area contributed by atoms with Gasteiger partial charge in [-0.3, -0.25) is 4.79 Å². The second-order valence-corrected chi connectivity index (χ2v) is 6.36. The van der Waals surface area contributed by atoms with Crippen LogP contribution in [0.25, 0.3) is 11.3 Å². The lowest BCUT2D eigenvalue weighted by molar-refractivity contribution is 0.102. The highest BCUT2D eigenvalue weighted by atomic mass is 32.1. The first-order chi connectivity index (χ1) is 14.5. The van der Waals surface area contributed by atoms with Gasteiger partial charge in [0.25, 0.3) is 5.91 Å². The van der Waals surface area contributed by atoms with Crippen molar-refractivity contribution in [1.82, 2.24) is 9.36 Å². The van der Waals surface area contributed by atoms with Gasteiger partial charge >= 0.3 is 0 Å². The molecule has 0 radical (unpaired) electrons. The second kappa shape index (κ2) is 11.3. The second-order valence-electron chi connectivity index (χ2n) is 5.60. The number of nitrogens with two attached hydrogens (primary N) is 1. The molecule has 0 aliphatic heterocycles. The fourth-order valence-corrected chi connectivity index (χ4v) is 2.91. The normalized spacial score (nSPS) is 10.2. The van der Waals surface area contributed by atoms with Crippen LogP contribution >= 0.6 is 11.5 Å². The predicted octanol–water partition coefficient (Wildman–Crippen LogP) is 4.63. The molecule has 0 aliphatic carbocycles. The maximum Gasteiger partial charge on any atom is 0.274 e. The zero-order valence-electron chi connectivity index (χ0n) is 16.4. The van der Waals surface area contributed by atoms with Gasteiger partial charge in [0.05, 0.1) is 18.4 Å². The van der Waals surface area contributed by atoms with Crippen molar-refractivity contribution < 1.29 is 22.7 Å². The number of carbonyl (C=O) groups is 1. The summed E-state index contributed by atoms with van der Waals surface area (Å²) in [5, 5.41) is 2.92. The van der Waals surface area contributed by atoms with Crippen LogP contribution in [-0.2, 0) is 0 Å². The van der Waals surface area contributed by atoms with Gasteiger partial charge in [0.15, 0.2) is 0 Å². The third kappa shape index (κ3) is 5.55. The number of amides is 1. The van der Waals surface area contributed by atoms with Crippen LogP contribution in [0.15, 0.2) is 36.5 Å². The summed E-state index contributed by atoms with van der Waals surface area (Å²) in [5.41, 5.74) is 4.25. The van der Waals surface area contributed by atoms with Gasteiger partial charge in [0, 0.05) is 11.5 Å². The molecule has 0 spiro atoms. The zero-order valence-corrected chi connectivity index (χ0v) is 17.2. The first-order valence-corrected chi connectivity index (χ1v) is 9.98. The summed E-state index contributed by atoms with van der Waals surface area (Å²) in [4.78, 5) is 16.3. The Labute approximate surface area is 176 Å². The Morgan fingerprint density at radius 3 is 2.50 bits per heavy atom. The number of aromatic nitrogens is 2. The number of hydrogen-bond acceptors (Lipinski definition) is 6. The van der Waals surface area contributed by atoms with Crippen molar-refractivity contribution in [2.45, 2.75) is 20.3 Å². The predicted molar refractivity (Wildman–Crippen MR) is 110 cm³/mol. The van der Waals surface area contributed by atoms with Crippen molar-refractivity contribution in [3.05, 3.63) is 59.7 Å². The summed E-state index contributed by atoms with van der Waals surface area (Å²) < 4.78 is 51.5. The van der Waals surface area contributed by atoms with Gasteiger partial charge in [-0.15, -0.1) is 0 Å². The lowest BCUT2D eigenvalue weighted by Gasteiger charge is -2.09. The maximum absolute atomic E-state index is 14.1. The van der Waals surface area contributed by atoms with E-state index >= 15 is 0 Å². The van der Waals surface area contributed by atoms with E-state index in [1.165, 1.54) is 6.20 Å². The molecule has 0 fully saturated rings. The smallest absolute Gasteiger partial charge is 0.274 e. The fraction of sp³-hybridized carbons (Fsp3) is 0.250. The largest absolute Gasteiger partial charge is 0.481 e. The average Bonchev–Trinajstić information content (AvgIpc) is 3.17. The Kier molecular flexibility index (Phi) is 8.75. The minimum Gasteiger partial charge on any atom is -0.481 e. The Balaban J connectivity index is 0.00000155. The van der Waals surface area contributed by atoms with Crippen LogP contribution in [0.4, 0.5) is 18.9 Å². The molecule has 3 aromatic rings. The Bertz CT molecular complexity index is 978. The summed E-state index contributed by atoms with van der Waals surface area (Å²) >= 11 is 1.04. The van der Waals surface area contributed by atoms with E-state index in [1.807, 2.05) is 13.8 Å². The van der Waals surface area contributed by atoms with Gasteiger partial charge in [-0.2, -0.15) is 4.37 Å². The number of halogens is 3. The minimum atomic E-state index is -0.985. The molecule has 0 bridgehead atoms. The third-order valence-electron chi connectivity index (χ3n) is 3.65. The SMILES string of the molecule is CC.NCCCOc1sncc1NC(=O)c1ccc(F)c(-c2c(F)cccc2F)n1. The number of hydrogen-bond donors (Lipinski definition) is 2. The van der Waals surface area contributed by atoms with Gasteiger partial charge < -0.3 is 15.8 Å². The Hall–Kier alpha value is -2.98. The molecule has 3 N–H and O–H groups in total. The highest BCUT2D eigenvalue weighted by Crippen LogP contribution is 2.30. The van der Waals surface area contributed by atoms with E-state index in [-0.39, 0.29) is 5.69 Å². The summed E-state index contributed by atoms with van der Waals surface area (Å²) in [7, 11) is 0. The molecule has 30 heavy (non-hydrogen) atoms. The number of nitrogens with zero attached hydrogens (tertiary/aromatic N) is 2.